The van der Waals surface area contributed by atoms with E-state index in [9.17, 15) is 9.59 Å². The summed E-state index contributed by atoms with van der Waals surface area (Å²) in [5, 5.41) is 3.06. The van der Waals surface area contributed by atoms with Gasteiger partial charge in [-0.1, -0.05) is 49.7 Å². The molecule has 1 N–H and O–H groups in total. The SMILES string of the molecule is CCC(C)NC(=O)C(CC)N(Cc1ccc(C)cc1)C(=O)CCc1ccc2c(c1)OCCO2. The summed E-state index contributed by atoms with van der Waals surface area (Å²) in [6.07, 6.45) is 2.30. The summed E-state index contributed by atoms with van der Waals surface area (Å²) in [6.45, 7) is 9.50. The summed E-state index contributed by atoms with van der Waals surface area (Å²) in [6, 6.07) is 13.5. The van der Waals surface area contributed by atoms with E-state index in [2.05, 4.69) is 5.32 Å². The van der Waals surface area contributed by atoms with Crippen LogP contribution in [0.3, 0.4) is 0 Å². The van der Waals surface area contributed by atoms with E-state index in [1.807, 2.05) is 70.2 Å². The molecule has 6 nitrogen and oxygen atoms in total. The van der Waals surface area contributed by atoms with Crippen molar-refractivity contribution in [3.63, 3.8) is 0 Å². The third-order valence-electron chi connectivity index (χ3n) is 6.09. The Morgan fingerprint density at radius 3 is 2.30 bits per heavy atom. The molecule has 1 aliphatic rings. The second kappa shape index (κ2) is 11.7. The van der Waals surface area contributed by atoms with Crippen LogP contribution in [-0.2, 0) is 22.6 Å². The van der Waals surface area contributed by atoms with Gasteiger partial charge in [-0.05, 0) is 56.4 Å². The molecule has 33 heavy (non-hydrogen) atoms. The van der Waals surface area contributed by atoms with E-state index in [1.54, 1.807) is 4.90 Å². The summed E-state index contributed by atoms with van der Waals surface area (Å²) in [4.78, 5) is 28.2. The number of nitrogens with one attached hydrogen (secondary N) is 1. The molecule has 2 atom stereocenters. The van der Waals surface area contributed by atoms with Crippen molar-refractivity contribution in [3.8, 4) is 11.5 Å². The topological polar surface area (TPSA) is 67.9 Å². The Morgan fingerprint density at radius 1 is 0.970 bits per heavy atom. The second-order valence-corrected chi connectivity index (χ2v) is 8.73. The van der Waals surface area contributed by atoms with Crippen LogP contribution >= 0.6 is 0 Å². The zero-order valence-corrected chi connectivity index (χ0v) is 20.2. The zero-order valence-electron chi connectivity index (χ0n) is 20.2. The van der Waals surface area contributed by atoms with Crippen LogP contribution < -0.4 is 14.8 Å². The summed E-state index contributed by atoms with van der Waals surface area (Å²) in [5.74, 6) is 1.34. The molecule has 2 unspecified atom stereocenters. The number of amides is 2. The maximum atomic E-state index is 13.4. The molecule has 0 radical (unpaired) electrons. The number of carbonyl (C=O) groups is 2. The molecule has 0 bridgehead atoms. The number of hydrogen-bond acceptors (Lipinski definition) is 4. The molecule has 2 aromatic rings. The number of aryl methyl sites for hydroxylation is 2. The van der Waals surface area contributed by atoms with Crippen molar-refractivity contribution >= 4 is 11.8 Å². The molecule has 3 rings (SSSR count). The molecule has 6 heteroatoms. The van der Waals surface area contributed by atoms with E-state index in [0.717, 1.165) is 34.6 Å². The summed E-state index contributed by atoms with van der Waals surface area (Å²) in [5.41, 5.74) is 3.19. The Bertz CT molecular complexity index is 942. The van der Waals surface area contributed by atoms with E-state index < -0.39 is 6.04 Å². The highest BCUT2D eigenvalue weighted by Crippen LogP contribution is 2.31. The lowest BCUT2D eigenvalue weighted by Gasteiger charge is -2.31. The number of fused-ring (bicyclic) bond motifs is 1. The number of rotatable bonds is 10. The van der Waals surface area contributed by atoms with Crippen LogP contribution in [0, 0.1) is 6.92 Å². The minimum atomic E-state index is -0.506. The normalized spacial score (nSPS) is 14.3. The number of ether oxygens (including phenoxy) is 2. The van der Waals surface area contributed by atoms with E-state index in [0.29, 0.717) is 39.0 Å². The smallest absolute Gasteiger partial charge is 0.243 e. The number of carbonyl (C=O) groups excluding carboxylic acids is 2. The third-order valence-corrected chi connectivity index (χ3v) is 6.09. The number of nitrogens with zero attached hydrogens (tertiary/aromatic N) is 1. The Morgan fingerprint density at radius 2 is 1.64 bits per heavy atom. The van der Waals surface area contributed by atoms with Gasteiger partial charge in [-0.2, -0.15) is 0 Å². The average molecular weight is 453 g/mol. The van der Waals surface area contributed by atoms with E-state index in [1.165, 1.54) is 0 Å². The monoisotopic (exact) mass is 452 g/mol. The van der Waals surface area contributed by atoms with Crippen LogP contribution in [-0.4, -0.2) is 42.0 Å². The lowest BCUT2D eigenvalue weighted by molar-refractivity contribution is -0.141. The molecular weight excluding hydrogens is 416 g/mol. The standard InChI is InChI=1S/C27H36N2O4/c1-5-20(4)28-27(31)23(6-2)29(18-22-9-7-19(3)8-10-22)26(30)14-12-21-11-13-24-25(17-21)33-16-15-32-24/h7-11,13,17,20,23H,5-6,12,14-16,18H2,1-4H3,(H,28,31). The second-order valence-electron chi connectivity index (χ2n) is 8.73. The lowest BCUT2D eigenvalue weighted by Crippen LogP contribution is -2.50. The van der Waals surface area contributed by atoms with Crippen LogP contribution in [0.1, 0.15) is 56.7 Å². The maximum Gasteiger partial charge on any atom is 0.243 e. The molecule has 1 heterocycles. The molecule has 0 aliphatic carbocycles. The molecule has 0 saturated carbocycles. The molecule has 2 amide bonds. The quantitative estimate of drug-likeness (QED) is 0.579. The van der Waals surface area contributed by atoms with Crippen molar-refractivity contribution in [2.24, 2.45) is 0 Å². The zero-order chi connectivity index (χ0) is 23.8. The van der Waals surface area contributed by atoms with Crippen LogP contribution in [0.15, 0.2) is 42.5 Å². The third kappa shape index (κ3) is 6.73. The highest BCUT2D eigenvalue weighted by atomic mass is 16.6. The number of hydrogen-bond donors (Lipinski definition) is 1. The molecule has 0 spiro atoms. The van der Waals surface area contributed by atoms with Crippen molar-refractivity contribution in [2.75, 3.05) is 13.2 Å². The summed E-state index contributed by atoms with van der Waals surface area (Å²) >= 11 is 0. The maximum absolute atomic E-state index is 13.4. The van der Waals surface area contributed by atoms with Crippen molar-refractivity contribution < 1.29 is 19.1 Å². The summed E-state index contributed by atoms with van der Waals surface area (Å²) < 4.78 is 11.3. The van der Waals surface area contributed by atoms with Gasteiger partial charge < -0.3 is 19.7 Å². The molecular formula is C27H36N2O4. The van der Waals surface area contributed by atoms with Gasteiger partial charge in [0.25, 0.3) is 0 Å². The van der Waals surface area contributed by atoms with E-state index >= 15 is 0 Å². The van der Waals surface area contributed by atoms with Gasteiger partial charge in [0.2, 0.25) is 11.8 Å². The van der Waals surface area contributed by atoms with Crippen LogP contribution in [0.25, 0.3) is 0 Å². The van der Waals surface area contributed by atoms with Crippen LogP contribution in [0.2, 0.25) is 0 Å². The van der Waals surface area contributed by atoms with Gasteiger partial charge in [-0.25, -0.2) is 0 Å². The van der Waals surface area contributed by atoms with E-state index in [4.69, 9.17) is 9.47 Å². The first kappa shape index (κ1) is 24.6. The molecule has 0 saturated heterocycles. The van der Waals surface area contributed by atoms with Gasteiger partial charge in [0.05, 0.1) is 0 Å². The van der Waals surface area contributed by atoms with E-state index in [-0.39, 0.29) is 17.9 Å². The van der Waals surface area contributed by atoms with Crippen molar-refractivity contribution in [3.05, 3.63) is 59.2 Å². The Kier molecular flexibility index (Phi) is 8.75. The largest absolute Gasteiger partial charge is 0.486 e. The molecule has 0 aromatic heterocycles. The van der Waals surface area contributed by atoms with Crippen molar-refractivity contribution in [1.82, 2.24) is 10.2 Å². The Balaban J connectivity index is 1.75. The lowest BCUT2D eigenvalue weighted by atomic mass is 10.0. The Hall–Kier alpha value is -3.02. The van der Waals surface area contributed by atoms with Gasteiger partial charge in [0.15, 0.2) is 11.5 Å². The average Bonchev–Trinajstić information content (AvgIpc) is 2.83. The first-order valence-electron chi connectivity index (χ1n) is 11.9. The molecule has 178 valence electrons. The molecule has 1 aliphatic heterocycles. The van der Waals surface area contributed by atoms with Gasteiger partial charge in [-0.15, -0.1) is 0 Å². The first-order chi connectivity index (χ1) is 15.9. The van der Waals surface area contributed by atoms with Gasteiger partial charge in [0.1, 0.15) is 19.3 Å². The van der Waals surface area contributed by atoms with Crippen molar-refractivity contribution in [1.29, 1.82) is 0 Å². The fourth-order valence-electron chi connectivity index (χ4n) is 3.89. The highest BCUT2D eigenvalue weighted by Gasteiger charge is 2.29. The fraction of sp³-hybridized carbons (Fsp3) is 0.481. The van der Waals surface area contributed by atoms with Crippen LogP contribution in [0.4, 0.5) is 0 Å². The van der Waals surface area contributed by atoms with Crippen LogP contribution in [0.5, 0.6) is 11.5 Å². The van der Waals surface area contributed by atoms with Gasteiger partial charge in [0, 0.05) is 19.0 Å². The minimum Gasteiger partial charge on any atom is -0.486 e. The minimum absolute atomic E-state index is 0.0309. The predicted octanol–water partition coefficient (Wildman–Crippen LogP) is 4.42. The highest BCUT2D eigenvalue weighted by molar-refractivity contribution is 5.88. The molecule has 2 aromatic carbocycles. The van der Waals surface area contributed by atoms with Crippen molar-refractivity contribution in [2.45, 2.75) is 72.0 Å². The van der Waals surface area contributed by atoms with Gasteiger partial charge in [-0.3, -0.25) is 9.59 Å². The Labute approximate surface area is 197 Å². The fourth-order valence-corrected chi connectivity index (χ4v) is 3.89. The first-order valence-corrected chi connectivity index (χ1v) is 11.9. The molecule has 0 fully saturated rings. The predicted molar refractivity (Wildman–Crippen MR) is 129 cm³/mol. The van der Waals surface area contributed by atoms with Gasteiger partial charge >= 0.3 is 0 Å². The number of benzene rings is 2. The summed E-state index contributed by atoms with van der Waals surface area (Å²) in [7, 11) is 0.